The zero-order chi connectivity index (χ0) is 21.6. The van der Waals surface area contributed by atoms with E-state index < -0.39 is 15.7 Å². The van der Waals surface area contributed by atoms with Crippen LogP contribution in [0.4, 0.5) is 0 Å². The molecule has 8 nitrogen and oxygen atoms in total. The van der Waals surface area contributed by atoms with E-state index in [2.05, 4.69) is 5.32 Å². The Balaban J connectivity index is 1.61. The summed E-state index contributed by atoms with van der Waals surface area (Å²) in [5.74, 6) is -0.302. The van der Waals surface area contributed by atoms with Crippen LogP contribution in [0.3, 0.4) is 0 Å². The average molecular weight is 434 g/mol. The van der Waals surface area contributed by atoms with Gasteiger partial charge < -0.3 is 15.5 Å². The molecule has 162 valence electrons. The number of amides is 2. The minimum absolute atomic E-state index is 0.0722. The van der Waals surface area contributed by atoms with Crippen molar-refractivity contribution in [2.75, 3.05) is 18.1 Å². The third-order valence-electron chi connectivity index (χ3n) is 4.87. The van der Waals surface area contributed by atoms with E-state index in [1.54, 1.807) is 24.5 Å². The van der Waals surface area contributed by atoms with Crippen molar-refractivity contribution in [1.29, 1.82) is 0 Å². The second kappa shape index (κ2) is 9.90. The molecular weight excluding hydrogens is 406 g/mol. The summed E-state index contributed by atoms with van der Waals surface area (Å²) in [6.45, 7) is 1.23. The maximum absolute atomic E-state index is 12.2. The van der Waals surface area contributed by atoms with Gasteiger partial charge in [0.1, 0.15) is 5.76 Å². The molecule has 0 bridgehead atoms. The van der Waals surface area contributed by atoms with E-state index in [1.165, 1.54) is 0 Å². The van der Waals surface area contributed by atoms with E-state index >= 15 is 0 Å². The molecule has 3 N–H and O–H groups in total. The van der Waals surface area contributed by atoms with Crippen molar-refractivity contribution in [3.05, 3.63) is 59.5 Å². The monoisotopic (exact) mass is 433 g/mol. The fourth-order valence-electron chi connectivity index (χ4n) is 2.98. The van der Waals surface area contributed by atoms with Crippen molar-refractivity contribution < 1.29 is 22.4 Å². The molecule has 9 heteroatoms. The van der Waals surface area contributed by atoms with Crippen molar-refractivity contribution in [3.63, 3.8) is 0 Å². The van der Waals surface area contributed by atoms with E-state index in [0.29, 0.717) is 24.7 Å². The molecule has 2 amide bonds. The Morgan fingerprint density at radius 2 is 1.83 bits per heavy atom. The van der Waals surface area contributed by atoms with Gasteiger partial charge in [-0.1, -0.05) is 12.1 Å². The van der Waals surface area contributed by atoms with Gasteiger partial charge in [0.05, 0.1) is 24.3 Å². The van der Waals surface area contributed by atoms with Crippen molar-refractivity contribution in [2.45, 2.75) is 38.4 Å². The van der Waals surface area contributed by atoms with Crippen LogP contribution in [-0.4, -0.2) is 49.2 Å². The summed E-state index contributed by atoms with van der Waals surface area (Å²) in [7, 11) is -3.39. The summed E-state index contributed by atoms with van der Waals surface area (Å²) in [5.41, 5.74) is 6.62. The van der Waals surface area contributed by atoms with Crippen molar-refractivity contribution in [1.82, 2.24) is 10.2 Å². The molecule has 1 saturated carbocycles. The number of primary amides is 1. The molecule has 2 aromatic rings. The number of sulfone groups is 1. The molecule has 1 aromatic heterocycles. The van der Waals surface area contributed by atoms with Crippen LogP contribution in [0, 0.1) is 0 Å². The number of furan rings is 1. The highest BCUT2D eigenvalue weighted by molar-refractivity contribution is 7.91. The van der Waals surface area contributed by atoms with Gasteiger partial charge in [0.25, 0.3) is 5.91 Å². The van der Waals surface area contributed by atoms with Crippen LogP contribution in [0.15, 0.2) is 47.1 Å². The van der Waals surface area contributed by atoms with E-state index in [-0.39, 0.29) is 30.4 Å². The number of hydrogen-bond acceptors (Lipinski definition) is 6. The van der Waals surface area contributed by atoms with Gasteiger partial charge in [-0.3, -0.25) is 14.5 Å². The van der Waals surface area contributed by atoms with Gasteiger partial charge in [0.2, 0.25) is 5.91 Å². The van der Waals surface area contributed by atoms with E-state index in [4.69, 9.17) is 10.2 Å². The lowest BCUT2D eigenvalue weighted by atomic mass is 10.1. The lowest BCUT2D eigenvalue weighted by Gasteiger charge is -2.21. The Morgan fingerprint density at radius 1 is 1.10 bits per heavy atom. The molecule has 3 rings (SSSR count). The number of nitrogens with one attached hydrogen (secondary N) is 1. The van der Waals surface area contributed by atoms with Crippen LogP contribution in [0.2, 0.25) is 0 Å². The zero-order valence-electron chi connectivity index (χ0n) is 16.7. The highest BCUT2D eigenvalue weighted by Crippen LogP contribution is 2.19. The normalized spacial score (nSPS) is 14.0. The molecule has 0 spiro atoms. The van der Waals surface area contributed by atoms with Crippen LogP contribution < -0.4 is 11.1 Å². The topological polar surface area (TPSA) is 123 Å². The lowest BCUT2D eigenvalue weighted by Crippen LogP contribution is -2.30. The average Bonchev–Trinajstić information content (AvgIpc) is 3.37. The maximum atomic E-state index is 12.2. The Labute approximate surface area is 176 Å². The second-order valence-electron chi connectivity index (χ2n) is 7.60. The number of benzene rings is 1. The molecule has 0 atom stereocenters. The predicted molar refractivity (Wildman–Crippen MR) is 112 cm³/mol. The van der Waals surface area contributed by atoms with Crippen LogP contribution in [0.1, 0.15) is 40.9 Å². The minimum Gasteiger partial charge on any atom is -0.468 e. The highest BCUT2D eigenvalue weighted by atomic mass is 32.2. The van der Waals surface area contributed by atoms with E-state index in [1.807, 2.05) is 23.1 Å². The third kappa shape index (κ3) is 7.31. The summed E-state index contributed by atoms with van der Waals surface area (Å²) < 4.78 is 29.8. The lowest BCUT2D eigenvalue weighted by molar-refractivity contribution is -0.117. The molecular formula is C21H27N3O5S. The largest absolute Gasteiger partial charge is 0.468 e. The molecule has 1 heterocycles. The molecule has 1 aliphatic rings. The van der Waals surface area contributed by atoms with Gasteiger partial charge in [-0.15, -0.1) is 0 Å². The van der Waals surface area contributed by atoms with Crippen LogP contribution in [-0.2, 0) is 27.7 Å². The van der Waals surface area contributed by atoms with E-state index in [9.17, 15) is 18.0 Å². The van der Waals surface area contributed by atoms with Gasteiger partial charge >= 0.3 is 0 Å². The molecule has 0 saturated heterocycles. The van der Waals surface area contributed by atoms with Crippen molar-refractivity contribution >= 4 is 21.7 Å². The number of carbonyl (C=O) groups is 2. The Kier molecular flexibility index (Phi) is 7.28. The van der Waals surface area contributed by atoms with E-state index in [0.717, 1.165) is 24.2 Å². The Morgan fingerprint density at radius 3 is 2.43 bits per heavy atom. The molecule has 0 unspecified atom stereocenters. The fraction of sp³-hybridized carbons (Fsp3) is 0.429. The molecule has 1 aliphatic carbocycles. The summed E-state index contributed by atoms with van der Waals surface area (Å²) >= 11 is 0. The Hall–Kier alpha value is -2.65. The summed E-state index contributed by atoms with van der Waals surface area (Å²) in [6, 6.07) is 11.2. The van der Waals surface area contributed by atoms with Gasteiger partial charge in [0.15, 0.2) is 9.84 Å². The third-order valence-corrected chi connectivity index (χ3v) is 6.50. The first-order valence-corrected chi connectivity index (χ1v) is 11.8. The first-order valence-electron chi connectivity index (χ1n) is 9.94. The van der Waals surface area contributed by atoms with Gasteiger partial charge in [-0.25, -0.2) is 8.42 Å². The maximum Gasteiger partial charge on any atom is 0.251 e. The quantitative estimate of drug-likeness (QED) is 0.522. The zero-order valence-corrected chi connectivity index (χ0v) is 17.6. The number of nitrogens with two attached hydrogens (primary N) is 1. The molecule has 0 aliphatic heterocycles. The smallest absolute Gasteiger partial charge is 0.251 e. The SMILES string of the molecule is NC(=O)CCS(=O)(=O)CCN(Cc1ccc(C(=O)NC2CC2)cc1)Cc1ccco1. The summed E-state index contributed by atoms with van der Waals surface area (Å²) in [4.78, 5) is 25.0. The fourth-order valence-corrected chi connectivity index (χ4v) is 4.23. The number of nitrogens with zero attached hydrogens (tertiary/aromatic N) is 1. The molecule has 1 aromatic carbocycles. The standard InChI is InChI=1S/C21H27N3O5S/c22-20(25)9-12-30(27,28)13-10-24(15-19-2-1-11-29-19)14-16-3-5-17(6-4-16)21(26)23-18-7-8-18/h1-6,11,18H,7-10,12-15H2,(H2,22,25)(H,23,26). The molecule has 30 heavy (non-hydrogen) atoms. The summed E-state index contributed by atoms with van der Waals surface area (Å²) in [6.07, 6.45) is 3.47. The molecule has 1 fully saturated rings. The van der Waals surface area contributed by atoms with Crippen LogP contribution >= 0.6 is 0 Å². The van der Waals surface area contributed by atoms with Gasteiger partial charge in [-0.2, -0.15) is 0 Å². The second-order valence-corrected chi connectivity index (χ2v) is 9.91. The minimum atomic E-state index is -3.39. The Bertz CT molecular complexity index is 951. The first kappa shape index (κ1) is 22.0. The van der Waals surface area contributed by atoms with Crippen molar-refractivity contribution in [3.8, 4) is 0 Å². The summed E-state index contributed by atoms with van der Waals surface area (Å²) in [5, 5.41) is 2.96. The predicted octanol–water partition coefficient (Wildman–Crippen LogP) is 1.46. The first-order chi connectivity index (χ1) is 14.3. The number of carbonyl (C=O) groups excluding carboxylic acids is 2. The van der Waals surface area contributed by atoms with Crippen molar-refractivity contribution in [2.24, 2.45) is 5.73 Å². The van der Waals surface area contributed by atoms with Crippen LogP contribution in [0.25, 0.3) is 0 Å². The van der Waals surface area contributed by atoms with Crippen LogP contribution in [0.5, 0.6) is 0 Å². The highest BCUT2D eigenvalue weighted by Gasteiger charge is 2.23. The number of hydrogen-bond donors (Lipinski definition) is 2. The van der Waals surface area contributed by atoms with Gasteiger partial charge in [-0.05, 0) is 42.7 Å². The number of rotatable bonds is 12. The molecule has 0 radical (unpaired) electrons. The van der Waals surface area contributed by atoms with Gasteiger partial charge in [0, 0.05) is 31.1 Å².